The molecule has 0 bridgehead atoms. The van der Waals surface area contributed by atoms with Gasteiger partial charge in [0.15, 0.2) is 0 Å². The second-order valence-electron chi connectivity index (χ2n) is 5.00. The molecule has 0 fully saturated rings. The highest BCUT2D eigenvalue weighted by Crippen LogP contribution is 2.21. The van der Waals surface area contributed by atoms with Crippen molar-refractivity contribution in [1.29, 1.82) is 0 Å². The number of aromatic nitrogens is 2. The van der Waals surface area contributed by atoms with Crippen LogP contribution in [0.2, 0.25) is 0 Å². The molecule has 2 rings (SSSR count). The molecule has 1 heterocycles. The Balaban J connectivity index is 2.13. The summed E-state index contributed by atoms with van der Waals surface area (Å²) in [5, 5.41) is 2.83. The average molecular weight is 285 g/mol. The fourth-order valence-electron chi connectivity index (χ4n) is 1.90. The second kappa shape index (κ2) is 6.21. The largest absolute Gasteiger partial charge is 0.399 e. The number of benzene rings is 1. The van der Waals surface area contributed by atoms with Gasteiger partial charge in [-0.2, -0.15) is 0 Å². The molecule has 0 saturated heterocycles. The summed E-state index contributed by atoms with van der Waals surface area (Å²) in [5.74, 6) is -0.187. The van der Waals surface area contributed by atoms with Crippen LogP contribution in [0.4, 0.5) is 11.4 Å². The van der Waals surface area contributed by atoms with Crippen LogP contribution in [0.15, 0.2) is 30.6 Å². The average Bonchev–Trinajstić information content (AvgIpc) is 2.46. The van der Waals surface area contributed by atoms with Crippen molar-refractivity contribution in [3.63, 3.8) is 0 Å². The number of carbonyl (C=O) groups is 1. The van der Waals surface area contributed by atoms with E-state index in [2.05, 4.69) is 15.3 Å². The zero-order chi connectivity index (χ0) is 15.4. The van der Waals surface area contributed by atoms with Crippen LogP contribution in [0.25, 0.3) is 0 Å². The number of rotatable bonds is 4. The molecule has 0 atom stereocenters. The molecule has 2 aromatic rings. The van der Waals surface area contributed by atoms with E-state index >= 15 is 0 Å². The Kier molecular flexibility index (Phi) is 4.37. The second-order valence-corrected chi connectivity index (χ2v) is 5.00. The predicted octanol–water partition coefficient (Wildman–Crippen LogP) is 1.36. The maximum absolute atomic E-state index is 12.3. The molecule has 0 aliphatic heterocycles. The molecule has 3 N–H and O–H groups in total. The van der Waals surface area contributed by atoms with Crippen LogP contribution in [-0.2, 0) is 6.54 Å². The van der Waals surface area contributed by atoms with Crippen molar-refractivity contribution in [1.82, 2.24) is 15.3 Å². The summed E-state index contributed by atoms with van der Waals surface area (Å²) in [6.07, 6.45) is 3.33. The molecule has 1 aromatic carbocycles. The van der Waals surface area contributed by atoms with Gasteiger partial charge in [-0.1, -0.05) is 0 Å². The Morgan fingerprint density at radius 3 is 2.67 bits per heavy atom. The van der Waals surface area contributed by atoms with Gasteiger partial charge < -0.3 is 16.0 Å². The number of nitrogens with one attached hydrogen (secondary N) is 1. The Morgan fingerprint density at radius 2 is 2.05 bits per heavy atom. The van der Waals surface area contributed by atoms with Crippen LogP contribution in [-0.4, -0.2) is 30.0 Å². The summed E-state index contributed by atoms with van der Waals surface area (Å²) in [6, 6.07) is 5.28. The molecule has 0 spiro atoms. The Morgan fingerprint density at radius 1 is 1.29 bits per heavy atom. The molecule has 1 aromatic heterocycles. The first-order chi connectivity index (χ1) is 9.97. The van der Waals surface area contributed by atoms with E-state index in [4.69, 9.17) is 5.73 Å². The van der Waals surface area contributed by atoms with Gasteiger partial charge in [-0.15, -0.1) is 0 Å². The molecule has 6 heteroatoms. The smallest absolute Gasteiger partial charge is 0.253 e. The summed E-state index contributed by atoms with van der Waals surface area (Å²) < 4.78 is 0. The number of nitrogen functional groups attached to an aromatic ring is 1. The lowest BCUT2D eigenvalue weighted by Crippen LogP contribution is -2.26. The lowest BCUT2D eigenvalue weighted by atomic mass is 10.1. The first-order valence-electron chi connectivity index (χ1n) is 6.60. The van der Waals surface area contributed by atoms with Gasteiger partial charge >= 0.3 is 0 Å². The van der Waals surface area contributed by atoms with Gasteiger partial charge in [0.25, 0.3) is 5.91 Å². The molecule has 0 aliphatic carbocycles. The standard InChI is InChI=1S/C15H19N5O/c1-10-7-18-12(8-17-10)9-19-15(21)13-6-11(16)4-5-14(13)20(2)3/h4-8H,9,16H2,1-3H3,(H,19,21). The van der Waals surface area contributed by atoms with E-state index in [0.717, 1.165) is 11.4 Å². The first-order valence-corrected chi connectivity index (χ1v) is 6.60. The molecule has 110 valence electrons. The number of anilines is 2. The minimum absolute atomic E-state index is 0.187. The fourth-order valence-corrected chi connectivity index (χ4v) is 1.90. The Bertz CT molecular complexity index is 637. The van der Waals surface area contributed by atoms with Crippen LogP contribution >= 0.6 is 0 Å². The lowest BCUT2D eigenvalue weighted by molar-refractivity contribution is 0.0951. The molecular weight excluding hydrogens is 266 g/mol. The van der Waals surface area contributed by atoms with Crippen molar-refractivity contribution in [3.8, 4) is 0 Å². The SMILES string of the molecule is Cc1cnc(CNC(=O)c2cc(N)ccc2N(C)C)cn1. The van der Waals surface area contributed by atoms with Crippen molar-refractivity contribution in [2.24, 2.45) is 0 Å². The van der Waals surface area contributed by atoms with Gasteiger partial charge in [-0.25, -0.2) is 0 Å². The molecular formula is C15H19N5O. The quantitative estimate of drug-likeness (QED) is 0.829. The number of nitrogens with zero attached hydrogens (tertiary/aromatic N) is 3. The van der Waals surface area contributed by atoms with E-state index in [1.807, 2.05) is 32.0 Å². The van der Waals surface area contributed by atoms with Gasteiger partial charge in [-0.05, 0) is 25.1 Å². The van der Waals surface area contributed by atoms with Crippen LogP contribution in [0.1, 0.15) is 21.7 Å². The van der Waals surface area contributed by atoms with Crippen LogP contribution < -0.4 is 16.0 Å². The van der Waals surface area contributed by atoms with Crippen molar-refractivity contribution >= 4 is 17.3 Å². The molecule has 0 unspecified atom stereocenters. The van der Waals surface area contributed by atoms with E-state index in [1.165, 1.54) is 0 Å². The highest BCUT2D eigenvalue weighted by atomic mass is 16.1. The van der Waals surface area contributed by atoms with E-state index in [0.29, 0.717) is 23.5 Å². The highest BCUT2D eigenvalue weighted by Gasteiger charge is 2.13. The monoisotopic (exact) mass is 285 g/mol. The Hall–Kier alpha value is -2.63. The normalized spacial score (nSPS) is 10.2. The van der Waals surface area contributed by atoms with E-state index in [9.17, 15) is 4.79 Å². The molecule has 6 nitrogen and oxygen atoms in total. The summed E-state index contributed by atoms with van der Waals surface area (Å²) >= 11 is 0. The summed E-state index contributed by atoms with van der Waals surface area (Å²) in [7, 11) is 3.77. The van der Waals surface area contributed by atoms with Gasteiger partial charge in [-0.3, -0.25) is 14.8 Å². The highest BCUT2D eigenvalue weighted by molar-refractivity contribution is 6.00. The van der Waals surface area contributed by atoms with Gasteiger partial charge in [0, 0.05) is 31.7 Å². The third-order valence-corrected chi connectivity index (χ3v) is 3.01. The number of aryl methyl sites for hydroxylation is 1. The topological polar surface area (TPSA) is 84.1 Å². The van der Waals surface area contributed by atoms with E-state index in [1.54, 1.807) is 24.5 Å². The lowest BCUT2D eigenvalue weighted by Gasteiger charge is -2.17. The van der Waals surface area contributed by atoms with Crippen molar-refractivity contribution in [2.75, 3.05) is 24.7 Å². The number of carbonyl (C=O) groups excluding carboxylic acids is 1. The van der Waals surface area contributed by atoms with Crippen LogP contribution in [0.5, 0.6) is 0 Å². The number of amides is 1. The van der Waals surface area contributed by atoms with E-state index < -0.39 is 0 Å². The maximum atomic E-state index is 12.3. The number of hydrogen-bond donors (Lipinski definition) is 2. The van der Waals surface area contributed by atoms with Crippen molar-refractivity contribution in [2.45, 2.75) is 13.5 Å². The first kappa shape index (κ1) is 14.8. The summed E-state index contributed by atoms with van der Waals surface area (Å²) in [6.45, 7) is 2.19. The molecule has 0 saturated carbocycles. The Labute approximate surface area is 124 Å². The van der Waals surface area contributed by atoms with E-state index in [-0.39, 0.29) is 5.91 Å². The zero-order valence-corrected chi connectivity index (χ0v) is 12.4. The molecule has 0 aliphatic rings. The molecule has 0 radical (unpaired) electrons. The van der Waals surface area contributed by atoms with Gasteiger partial charge in [0.2, 0.25) is 0 Å². The minimum atomic E-state index is -0.187. The number of nitrogens with two attached hydrogens (primary N) is 1. The van der Waals surface area contributed by atoms with Gasteiger partial charge in [0.05, 0.1) is 29.7 Å². The zero-order valence-electron chi connectivity index (χ0n) is 12.4. The van der Waals surface area contributed by atoms with Crippen LogP contribution in [0, 0.1) is 6.92 Å². The van der Waals surface area contributed by atoms with Crippen molar-refractivity contribution < 1.29 is 4.79 Å². The summed E-state index contributed by atoms with van der Waals surface area (Å²) in [5.41, 5.74) is 9.24. The molecule has 1 amide bonds. The fraction of sp³-hybridized carbons (Fsp3) is 0.267. The maximum Gasteiger partial charge on any atom is 0.253 e. The number of hydrogen-bond acceptors (Lipinski definition) is 5. The van der Waals surface area contributed by atoms with Crippen LogP contribution in [0.3, 0.4) is 0 Å². The summed E-state index contributed by atoms with van der Waals surface area (Å²) in [4.78, 5) is 22.6. The molecule has 21 heavy (non-hydrogen) atoms. The van der Waals surface area contributed by atoms with Crippen molar-refractivity contribution in [3.05, 3.63) is 47.5 Å². The minimum Gasteiger partial charge on any atom is -0.399 e. The third-order valence-electron chi connectivity index (χ3n) is 3.01. The third kappa shape index (κ3) is 3.68. The predicted molar refractivity (Wildman–Crippen MR) is 83.1 cm³/mol. The van der Waals surface area contributed by atoms with Gasteiger partial charge in [0.1, 0.15) is 0 Å².